The lowest BCUT2D eigenvalue weighted by Gasteiger charge is -2.37. The van der Waals surface area contributed by atoms with Gasteiger partial charge in [0.05, 0.1) is 17.7 Å². The SMILES string of the molecule is CN(Cc1ccco1)[C@H]1CCCC[C@H]1NS(=O)(=O)c1ccccc1. The number of benzene rings is 1. The van der Waals surface area contributed by atoms with Gasteiger partial charge >= 0.3 is 0 Å². The van der Waals surface area contributed by atoms with E-state index in [0.29, 0.717) is 11.4 Å². The molecule has 2 aromatic rings. The van der Waals surface area contributed by atoms with E-state index in [-0.39, 0.29) is 12.1 Å². The molecule has 24 heavy (non-hydrogen) atoms. The molecule has 6 heteroatoms. The summed E-state index contributed by atoms with van der Waals surface area (Å²) in [7, 11) is -1.46. The standard InChI is InChI=1S/C18H24N2O3S/c1-20(14-15-8-7-13-23-15)18-12-6-5-11-17(18)19-24(21,22)16-9-3-2-4-10-16/h2-4,7-10,13,17-19H,5-6,11-12,14H2,1H3/t17-,18+/m1/s1. The lowest BCUT2D eigenvalue weighted by Crippen LogP contribution is -2.51. The normalized spacial score (nSPS) is 21.9. The Hall–Kier alpha value is -1.63. The minimum absolute atomic E-state index is 0.0797. The summed E-state index contributed by atoms with van der Waals surface area (Å²) in [5, 5.41) is 0. The first-order valence-electron chi connectivity index (χ1n) is 8.36. The Morgan fingerprint density at radius 3 is 2.58 bits per heavy atom. The minimum atomic E-state index is -3.49. The summed E-state index contributed by atoms with van der Waals surface area (Å²) in [5.41, 5.74) is 0. The summed E-state index contributed by atoms with van der Waals surface area (Å²) < 4.78 is 33.6. The second-order valence-corrected chi connectivity index (χ2v) is 8.10. The van der Waals surface area contributed by atoms with E-state index in [9.17, 15) is 8.42 Å². The molecule has 0 saturated heterocycles. The van der Waals surface area contributed by atoms with E-state index >= 15 is 0 Å². The molecule has 0 aliphatic heterocycles. The van der Waals surface area contributed by atoms with Gasteiger partial charge in [-0.05, 0) is 44.2 Å². The third kappa shape index (κ3) is 4.06. The van der Waals surface area contributed by atoms with E-state index < -0.39 is 10.0 Å². The van der Waals surface area contributed by atoms with Gasteiger partial charge in [0.25, 0.3) is 0 Å². The van der Waals surface area contributed by atoms with Crippen LogP contribution in [-0.4, -0.2) is 32.4 Å². The molecule has 130 valence electrons. The molecule has 1 saturated carbocycles. The van der Waals surface area contributed by atoms with Crippen LogP contribution in [0.1, 0.15) is 31.4 Å². The van der Waals surface area contributed by atoms with Gasteiger partial charge in [-0.25, -0.2) is 13.1 Å². The van der Waals surface area contributed by atoms with Crippen molar-refractivity contribution in [2.75, 3.05) is 7.05 Å². The summed E-state index contributed by atoms with van der Waals surface area (Å²) in [5.74, 6) is 0.896. The van der Waals surface area contributed by atoms with Gasteiger partial charge in [0.2, 0.25) is 10.0 Å². The molecule has 1 N–H and O–H groups in total. The van der Waals surface area contributed by atoms with E-state index in [1.54, 1.807) is 30.5 Å². The molecule has 0 amide bonds. The van der Waals surface area contributed by atoms with E-state index in [2.05, 4.69) is 9.62 Å². The molecule has 1 aromatic carbocycles. The summed E-state index contributed by atoms with van der Waals surface area (Å²) in [4.78, 5) is 2.51. The second kappa shape index (κ2) is 7.51. The maximum absolute atomic E-state index is 12.6. The Labute approximate surface area is 143 Å². The second-order valence-electron chi connectivity index (χ2n) is 6.39. The molecule has 2 atom stereocenters. The maximum atomic E-state index is 12.6. The summed E-state index contributed by atoms with van der Waals surface area (Å²) in [6.45, 7) is 0.682. The Bertz CT molecular complexity index is 729. The van der Waals surface area contributed by atoms with E-state index in [1.165, 1.54) is 0 Å². The Morgan fingerprint density at radius 2 is 1.88 bits per heavy atom. The van der Waals surface area contributed by atoms with Gasteiger partial charge in [-0.15, -0.1) is 0 Å². The van der Waals surface area contributed by atoms with Gasteiger partial charge in [0, 0.05) is 12.1 Å². The van der Waals surface area contributed by atoms with Crippen LogP contribution in [0.25, 0.3) is 0 Å². The first-order valence-corrected chi connectivity index (χ1v) is 9.84. The van der Waals surface area contributed by atoms with Crippen molar-refractivity contribution in [2.45, 2.75) is 49.2 Å². The van der Waals surface area contributed by atoms with Crippen molar-refractivity contribution in [3.05, 3.63) is 54.5 Å². The number of hydrogen-bond donors (Lipinski definition) is 1. The molecule has 5 nitrogen and oxygen atoms in total. The van der Waals surface area contributed by atoms with Crippen LogP contribution in [0.5, 0.6) is 0 Å². The van der Waals surface area contributed by atoms with Crippen LogP contribution in [0.15, 0.2) is 58.0 Å². The van der Waals surface area contributed by atoms with Crippen molar-refractivity contribution in [2.24, 2.45) is 0 Å². The van der Waals surface area contributed by atoms with Crippen LogP contribution in [0, 0.1) is 0 Å². The first-order chi connectivity index (χ1) is 11.6. The van der Waals surface area contributed by atoms with Crippen LogP contribution in [0.4, 0.5) is 0 Å². The topological polar surface area (TPSA) is 62.6 Å². The van der Waals surface area contributed by atoms with E-state index in [0.717, 1.165) is 31.4 Å². The third-order valence-electron chi connectivity index (χ3n) is 4.64. The summed E-state index contributed by atoms with van der Waals surface area (Å²) >= 11 is 0. The van der Waals surface area contributed by atoms with E-state index in [1.807, 2.05) is 25.2 Å². The number of nitrogens with zero attached hydrogens (tertiary/aromatic N) is 1. The largest absolute Gasteiger partial charge is 0.468 e. The average molecular weight is 348 g/mol. The molecule has 0 unspecified atom stereocenters. The zero-order valence-electron chi connectivity index (χ0n) is 13.9. The molecular formula is C18H24N2O3S. The van der Waals surface area contributed by atoms with Crippen molar-refractivity contribution >= 4 is 10.0 Å². The predicted molar refractivity (Wildman–Crippen MR) is 93.0 cm³/mol. The molecule has 3 rings (SSSR count). The van der Waals surface area contributed by atoms with Gasteiger partial charge in [-0.1, -0.05) is 31.0 Å². The van der Waals surface area contributed by atoms with Crippen molar-refractivity contribution in [3.63, 3.8) is 0 Å². The highest BCUT2D eigenvalue weighted by Gasteiger charge is 2.32. The van der Waals surface area contributed by atoms with Crippen LogP contribution >= 0.6 is 0 Å². The van der Waals surface area contributed by atoms with Crippen LogP contribution < -0.4 is 4.72 Å². The molecule has 1 aromatic heterocycles. The van der Waals surface area contributed by atoms with Gasteiger partial charge in [-0.2, -0.15) is 0 Å². The first kappa shape index (κ1) is 17.2. The van der Waals surface area contributed by atoms with Crippen LogP contribution in [0.3, 0.4) is 0 Å². The molecule has 0 bridgehead atoms. The number of sulfonamides is 1. The highest BCUT2D eigenvalue weighted by atomic mass is 32.2. The Morgan fingerprint density at radius 1 is 1.12 bits per heavy atom. The summed E-state index contributed by atoms with van der Waals surface area (Å²) in [6, 6.07) is 12.5. The van der Waals surface area contributed by atoms with Crippen molar-refractivity contribution in [3.8, 4) is 0 Å². The molecule has 0 spiro atoms. The quantitative estimate of drug-likeness (QED) is 0.872. The molecule has 1 heterocycles. The average Bonchev–Trinajstić information content (AvgIpc) is 3.09. The number of rotatable bonds is 6. The van der Waals surface area contributed by atoms with Crippen molar-refractivity contribution in [1.82, 2.24) is 9.62 Å². The lowest BCUT2D eigenvalue weighted by molar-refractivity contribution is 0.145. The van der Waals surface area contributed by atoms with Crippen LogP contribution in [0.2, 0.25) is 0 Å². The van der Waals surface area contributed by atoms with Gasteiger partial charge in [0.15, 0.2) is 0 Å². The molecule has 0 radical (unpaired) electrons. The molecular weight excluding hydrogens is 324 g/mol. The van der Waals surface area contributed by atoms with Gasteiger partial charge in [0.1, 0.15) is 5.76 Å². The number of likely N-dealkylation sites (N-methyl/N-ethyl adjacent to an activating group) is 1. The summed E-state index contributed by atoms with van der Waals surface area (Å²) in [6.07, 6.45) is 5.68. The number of nitrogens with one attached hydrogen (secondary N) is 1. The van der Waals surface area contributed by atoms with E-state index in [4.69, 9.17) is 4.42 Å². The fourth-order valence-corrected chi connectivity index (χ4v) is 4.73. The molecule has 1 aliphatic rings. The third-order valence-corrected chi connectivity index (χ3v) is 6.15. The van der Waals surface area contributed by atoms with Gasteiger partial charge < -0.3 is 4.42 Å². The van der Waals surface area contributed by atoms with Gasteiger partial charge in [-0.3, -0.25) is 4.90 Å². The number of hydrogen-bond acceptors (Lipinski definition) is 4. The predicted octanol–water partition coefficient (Wildman–Crippen LogP) is 3.00. The lowest BCUT2D eigenvalue weighted by atomic mass is 9.90. The zero-order chi connectivity index (χ0) is 17.0. The highest BCUT2D eigenvalue weighted by Crippen LogP contribution is 2.25. The number of furan rings is 1. The smallest absolute Gasteiger partial charge is 0.240 e. The van der Waals surface area contributed by atoms with Crippen LogP contribution in [-0.2, 0) is 16.6 Å². The zero-order valence-corrected chi connectivity index (χ0v) is 14.7. The maximum Gasteiger partial charge on any atom is 0.240 e. The Balaban J connectivity index is 1.72. The fraction of sp³-hybridized carbons (Fsp3) is 0.444. The fourth-order valence-electron chi connectivity index (χ4n) is 3.41. The van der Waals surface area contributed by atoms with Crippen molar-refractivity contribution in [1.29, 1.82) is 0 Å². The molecule has 1 fully saturated rings. The Kier molecular flexibility index (Phi) is 5.38. The monoisotopic (exact) mass is 348 g/mol. The highest BCUT2D eigenvalue weighted by molar-refractivity contribution is 7.89. The van der Waals surface area contributed by atoms with Crippen molar-refractivity contribution < 1.29 is 12.8 Å². The minimum Gasteiger partial charge on any atom is -0.468 e. The molecule has 1 aliphatic carbocycles.